The zero-order chi connectivity index (χ0) is 20.1. The highest BCUT2D eigenvalue weighted by molar-refractivity contribution is 7.15. The highest BCUT2D eigenvalue weighted by Gasteiger charge is 2.30. The minimum atomic E-state index is -4.44. The van der Waals surface area contributed by atoms with Gasteiger partial charge in [-0.15, -0.1) is 11.3 Å². The molecule has 2 aromatic carbocycles. The summed E-state index contributed by atoms with van der Waals surface area (Å²) in [6, 6.07) is 10.8. The Morgan fingerprint density at radius 3 is 2.61 bits per heavy atom. The van der Waals surface area contributed by atoms with Gasteiger partial charge in [0.1, 0.15) is 5.82 Å². The van der Waals surface area contributed by atoms with Crippen molar-refractivity contribution >= 4 is 28.5 Å². The first-order valence-corrected chi connectivity index (χ1v) is 8.97. The number of carbonyl (C=O) groups excluding carboxylic acids is 1. The van der Waals surface area contributed by atoms with E-state index in [-0.39, 0.29) is 11.4 Å². The van der Waals surface area contributed by atoms with Crippen LogP contribution in [0.5, 0.6) is 0 Å². The van der Waals surface area contributed by atoms with E-state index >= 15 is 0 Å². The van der Waals surface area contributed by atoms with Gasteiger partial charge < -0.3 is 0 Å². The Hall–Kier alpha value is -3.00. The zero-order valence-corrected chi connectivity index (χ0v) is 15.2. The number of hydrogen-bond donors (Lipinski definition) is 1. The van der Waals surface area contributed by atoms with Gasteiger partial charge in [0.25, 0.3) is 0 Å². The van der Waals surface area contributed by atoms with Gasteiger partial charge in [-0.3, -0.25) is 10.1 Å². The standard InChI is InChI=1S/C20H14F4N2OS/c21-16-7-4-14(5-8-16)11-17-12-25-19(28-17)26-18(27)9-6-13-2-1-3-15(10-13)20(22,23)24/h1-10,12H,11H2,(H,25,26,27)/b9-6+. The third kappa shape index (κ3) is 5.50. The van der Waals surface area contributed by atoms with E-state index in [1.807, 2.05) is 0 Å². The number of aromatic nitrogens is 1. The first-order valence-electron chi connectivity index (χ1n) is 8.15. The molecule has 0 aliphatic rings. The molecule has 1 heterocycles. The predicted molar refractivity (Wildman–Crippen MR) is 100 cm³/mol. The molecule has 8 heteroatoms. The summed E-state index contributed by atoms with van der Waals surface area (Å²) in [5, 5.41) is 2.94. The van der Waals surface area contributed by atoms with Crippen LogP contribution in [0.4, 0.5) is 22.7 Å². The molecule has 0 saturated heterocycles. The van der Waals surface area contributed by atoms with Crippen molar-refractivity contribution in [3.8, 4) is 0 Å². The summed E-state index contributed by atoms with van der Waals surface area (Å²) in [4.78, 5) is 17.0. The molecule has 0 fully saturated rings. The summed E-state index contributed by atoms with van der Waals surface area (Å²) in [5.74, 6) is -0.811. The van der Waals surface area contributed by atoms with Gasteiger partial charge in [0.2, 0.25) is 5.91 Å². The molecule has 0 aliphatic carbocycles. The van der Waals surface area contributed by atoms with Crippen LogP contribution in [0.25, 0.3) is 6.08 Å². The number of alkyl halides is 3. The number of amides is 1. The molecular weight excluding hydrogens is 392 g/mol. The lowest BCUT2D eigenvalue weighted by Crippen LogP contribution is -2.07. The number of carbonyl (C=O) groups is 1. The summed E-state index contributed by atoms with van der Waals surface area (Å²) in [6.07, 6.45) is 0.177. The van der Waals surface area contributed by atoms with E-state index < -0.39 is 17.6 Å². The van der Waals surface area contributed by atoms with Gasteiger partial charge in [-0.25, -0.2) is 9.37 Å². The summed E-state index contributed by atoms with van der Waals surface area (Å²) in [7, 11) is 0. The van der Waals surface area contributed by atoms with Crippen LogP contribution in [0, 0.1) is 5.82 Å². The maximum Gasteiger partial charge on any atom is 0.416 e. The van der Waals surface area contributed by atoms with Crippen molar-refractivity contribution in [1.29, 1.82) is 0 Å². The van der Waals surface area contributed by atoms with E-state index in [4.69, 9.17) is 0 Å². The first-order chi connectivity index (χ1) is 13.3. The van der Waals surface area contributed by atoms with Gasteiger partial charge in [-0.1, -0.05) is 24.3 Å². The molecule has 1 aromatic heterocycles. The third-order valence-electron chi connectivity index (χ3n) is 3.72. The molecule has 0 aliphatic heterocycles. The van der Waals surface area contributed by atoms with Crippen molar-refractivity contribution in [3.05, 3.63) is 88.2 Å². The maximum atomic E-state index is 12.9. The van der Waals surface area contributed by atoms with Gasteiger partial charge in [0.15, 0.2) is 5.13 Å². The van der Waals surface area contributed by atoms with Crippen LogP contribution in [0.15, 0.2) is 60.8 Å². The Morgan fingerprint density at radius 2 is 1.89 bits per heavy atom. The molecule has 1 amide bonds. The van der Waals surface area contributed by atoms with E-state index in [1.54, 1.807) is 18.3 Å². The lowest BCUT2D eigenvalue weighted by Gasteiger charge is -2.06. The lowest BCUT2D eigenvalue weighted by molar-refractivity contribution is -0.137. The molecule has 1 N–H and O–H groups in total. The number of rotatable bonds is 5. The fraction of sp³-hybridized carbons (Fsp3) is 0.100. The molecule has 28 heavy (non-hydrogen) atoms. The molecule has 3 nitrogen and oxygen atoms in total. The minimum absolute atomic E-state index is 0.265. The van der Waals surface area contributed by atoms with Gasteiger partial charge >= 0.3 is 6.18 Å². The summed E-state index contributed by atoms with van der Waals surface area (Å²) >= 11 is 1.27. The Kier molecular flexibility index (Phi) is 5.89. The molecule has 0 bridgehead atoms. The van der Waals surface area contributed by atoms with Gasteiger partial charge in [0.05, 0.1) is 5.56 Å². The van der Waals surface area contributed by atoms with Crippen molar-refractivity contribution < 1.29 is 22.4 Å². The number of benzene rings is 2. The van der Waals surface area contributed by atoms with Crippen molar-refractivity contribution in [3.63, 3.8) is 0 Å². The number of nitrogens with one attached hydrogen (secondary N) is 1. The Morgan fingerprint density at radius 1 is 1.14 bits per heavy atom. The summed E-state index contributed by atoms with van der Waals surface area (Å²) in [5.41, 5.74) is 0.397. The van der Waals surface area contributed by atoms with E-state index in [0.717, 1.165) is 28.6 Å². The number of anilines is 1. The summed E-state index contributed by atoms with van der Waals surface area (Å²) < 4.78 is 51.0. The van der Waals surface area contributed by atoms with Crippen molar-refractivity contribution in [2.24, 2.45) is 0 Å². The second-order valence-electron chi connectivity index (χ2n) is 5.88. The molecule has 3 aromatic rings. The van der Waals surface area contributed by atoms with Crippen molar-refractivity contribution in [2.45, 2.75) is 12.6 Å². The van der Waals surface area contributed by atoms with Crippen LogP contribution in [-0.2, 0) is 17.4 Å². The van der Waals surface area contributed by atoms with E-state index in [2.05, 4.69) is 10.3 Å². The van der Waals surface area contributed by atoms with Crippen LogP contribution in [-0.4, -0.2) is 10.9 Å². The first kappa shape index (κ1) is 19.8. The number of thiazole rings is 1. The minimum Gasteiger partial charge on any atom is -0.298 e. The maximum absolute atomic E-state index is 12.9. The largest absolute Gasteiger partial charge is 0.416 e. The lowest BCUT2D eigenvalue weighted by atomic mass is 10.1. The molecule has 0 saturated carbocycles. The zero-order valence-electron chi connectivity index (χ0n) is 14.3. The Bertz CT molecular complexity index is 994. The topological polar surface area (TPSA) is 42.0 Å². The van der Waals surface area contributed by atoms with E-state index in [9.17, 15) is 22.4 Å². The second-order valence-corrected chi connectivity index (χ2v) is 7.00. The van der Waals surface area contributed by atoms with E-state index in [1.165, 1.54) is 41.7 Å². The Labute approximate surface area is 162 Å². The smallest absolute Gasteiger partial charge is 0.298 e. The van der Waals surface area contributed by atoms with Gasteiger partial charge in [-0.2, -0.15) is 13.2 Å². The highest BCUT2D eigenvalue weighted by atomic mass is 32.1. The molecule has 0 radical (unpaired) electrons. The fourth-order valence-electron chi connectivity index (χ4n) is 2.39. The van der Waals surface area contributed by atoms with Crippen LogP contribution >= 0.6 is 11.3 Å². The SMILES string of the molecule is O=C(/C=C/c1cccc(C(F)(F)F)c1)Nc1ncc(Cc2ccc(F)cc2)s1. The Balaban J connectivity index is 1.60. The fourth-order valence-corrected chi connectivity index (χ4v) is 3.24. The van der Waals surface area contributed by atoms with Crippen LogP contribution in [0.3, 0.4) is 0 Å². The third-order valence-corrected chi connectivity index (χ3v) is 4.63. The van der Waals surface area contributed by atoms with Gasteiger partial charge in [-0.05, 0) is 41.5 Å². The summed E-state index contributed by atoms with van der Waals surface area (Å²) in [6.45, 7) is 0. The monoisotopic (exact) mass is 406 g/mol. The number of nitrogens with zero attached hydrogens (tertiary/aromatic N) is 1. The van der Waals surface area contributed by atoms with Crippen LogP contribution < -0.4 is 5.32 Å². The molecule has 144 valence electrons. The average molecular weight is 406 g/mol. The van der Waals surface area contributed by atoms with E-state index in [0.29, 0.717) is 11.6 Å². The predicted octanol–water partition coefficient (Wildman–Crippen LogP) is 5.54. The molecule has 0 unspecified atom stereocenters. The van der Waals surface area contributed by atoms with Crippen LogP contribution in [0.1, 0.15) is 21.6 Å². The quantitative estimate of drug-likeness (QED) is 0.446. The van der Waals surface area contributed by atoms with Crippen molar-refractivity contribution in [2.75, 3.05) is 5.32 Å². The number of hydrogen-bond acceptors (Lipinski definition) is 3. The second kappa shape index (κ2) is 8.35. The van der Waals surface area contributed by atoms with Crippen LogP contribution in [0.2, 0.25) is 0 Å². The van der Waals surface area contributed by atoms with Crippen molar-refractivity contribution in [1.82, 2.24) is 4.98 Å². The average Bonchev–Trinajstić information content (AvgIpc) is 3.08. The molecular formula is C20H14F4N2OS. The molecule has 0 spiro atoms. The highest BCUT2D eigenvalue weighted by Crippen LogP contribution is 2.29. The number of halogens is 4. The molecule has 3 rings (SSSR count). The van der Waals surface area contributed by atoms with Gasteiger partial charge in [0, 0.05) is 23.6 Å². The molecule has 0 atom stereocenters. The normalized spacial score (nSPS) is 11.7.